The molecule has 0 bridgehead atoms. The van der Waals surface area contributed by atoms with Crippen LogP contribution in [0.3, 0.4) is 0 Å². The van der Waals surface area contributed by atoms with Crippen LogP contribution in [0.15, 0.2) is 18.2 Å². The lowest BCUT2D eigenvalue weighted by atomic mass is 9.82. The van der Waals surface area contributed by atoms with E-state index < -0.39 is 0 Å². The van der Waals surface area contributed by atoms with Gasteiger partial charge < -0.3 is 10.6 Å². The zero-order valence-electron chi connectivity index (χ0n) is 12.6. The van der Waals surface area contributed by atoms with Gasteiger partial charge in [0.05, 0.1) is 0 Å². The van der Waals surface area contributed by atoms with E-state index in [4.69, 9.17) is 0 Å². The first-order valence-electron chi connectivity index (χ1n) is 6.71. The summed E-state index contributed by atoms with van der Waals surface area (Å²) in [6, 6.07) is 6.04. The van der Waals surface area contributed by atoms with Crippen molar-refractivity contribution in [3.63, 3.8) is 0 Å². The van der Waals surface area contributed by atoms with E-state index in [2.05, 4.69) is 57.2 Å². The van der Waals surface area contributed by atoms with Crippen molar-refractivity contribution >= 4 is 11.6 Å². The van der Waals surface area contributed by atoms with Gasteiger partial charge in [0.15, 0.2) is 0 Å². The molecule has 1 aromatic rings. The van der Waals surface area contributed by atoms with Crippen molar-refractivity contribution in [2.45, 2.75) is 53.5 Å². The van der Waals surface area contributed by atoms with Crippen LogP contribution in [0, 0.1) is 5.41 Å². The van der Waals surface area contributed by atoms with Gasteiger partial charge in [-0.2, -0.15) is 0 Å². The van der Waals surface area contributed by atoms with Gasteiger partial charge in [0.1, 0.15) is 11.6 Å². The summed E-state index contributed by atoms with van der Waals surface area (Å²) in [5, 5.41) is 6.75. The normalized spacial score (nSPS) is 12.3. The third-order valence-corrected chi connectivity index (χ3v) is 2.55. The Morgan fingerprint density at radius 1 is 1.06 bits per heavy atom. The molecule has 0 saturated carbocycles. The van der Waals surface area contributed by atoms with Crippen LogP contribution in [0.25, 0.3) is 0 Å². The number of pyridine rings is 1. The quantitative estimate of drug-likeness (QED) is 0.823. The van der Waals surface area contributed by atoms with E-state index in [0.29, 0.717) is 5.41 Å². The molecule has 0 aliphatic heterocycles. The molecule has 0 amide bonds. The van der Waals surface area contributed by atoms with Crippen molar-refractivity contribution in [2.75, 3.05) is 17.2 Å². The smallest absolute Gasteiger partial charge is 0.128 e. The summed E-state index contributed by atoms with van der Waals surface area (Å²) in [5.74, 6) is 1.86. The fraction of sp³-hybridized carbons (Fsp3) is 0.667. The summed E-state index contributed by atoms with van der Waals surface area (Å²) in [7, 11) is 0. The van der Waals surface area contributed by atoms with Gasteiger partial charge in [0.2, 0.25) is 0 Å². The lowest BCUT2D eigenvalue weighted by Crippen LogP contribution is -2.35. The first-order valence-corrected chi connectivity index (χ1v) is 6.71. The van der Waals surface area contributed by atoms with E-state index in [1.165, 1.54) is 0 Å². The molecule has 0 unspecified atom stereocenters. The minimum atomic E-state index is 0.0378. The molecular formula is C15H27N3. The number of nitrogens with zero attached hydrogens (tertiary/aromatic N) is 1. The van der Waals surface area contributed by atoms with Crippen LogP contribution < -0.4 is 10.6 Å². The van der Waals surface area contributed by atoms with Gasteiger partial charge in [-0.15, -0.1) is 0 Å². The highest BCUT2D eigenvalue weighted by Crippen LogP contribution is 2.29. The Morgan fingerprint density at radius 2 is 1.67 bits per heavy atom. The summed E-state index contributed by atoms with van der Waals surface area (Å²) in [4.78, 5) is 4.56. The van der Waals surface area contributed by atoms with Crippen LogP contribution in [0.2, 0.25) is 0 Å². The summed E-state index contributed by atoms with van der Waals surface area (Å²) in [6.45, 7) is 14.2. The monoisotopic (exact) mass is 249 g/mol. The first-order chi connectivity index (χ1) is 8.22. The van der Waals surface area contributed by atoms with Gasteiger partial charge in [-0.1, -0.05) is 26.8 Å². The third kappa shape index (κ3) is 5.39. The fourth-order valence-electron chi connectivity index (χ4n) is 2.50. The summed E-state index contributed by atoms with van der Waals surface area (Å²) in [6.07, 6.45) is 1.09. The van der Waals surface area contributed by atoms with Crippen molar-refractivity contribution in [3.05, 3.63) is 18.2 Å². The summed E-state index contributed by atoms with van der Waals surface area (Å²) < 4.78 is 0. The molecular weight excluding hydrogens is 222 g/mol. The van der Waals surface area contributed by atoms with Gasteiger partial charge in [-0.3, -0.25) is 0 Å². The Balaban J connectivity index is 2.74. The van der Waals surface area contributed by atoms with Gasteiger partial charge in [0, 0.05) is 12.1 Å². The van der Waals surface area contributed by atoms with Gasteiger partial charge in [0.25, 0.3) is 0 Å². The van der Waals surface area contributed by atoms with Crippen molar-refractivity contribution in [3.8, 4) is 0 Å². The number of nitrogens with one attached hydrogen (secondary N) is 2. The number of anilines is 2. The van der Waals surface area contributed by atoms with Gasteiger partial charge in [-0.05, 0) is 44.7 Å². The largest absolute Gasteiger partial charge is 0.370 e. The van der Waals surface area contributed by atoms with Crippen LogP contribution in [0.4, 0.5) is 11.6 Å². The topological polar surface area (TPSA) is 37.0 Å². The molecule has 2 N–H and O–H groups in total. The Labute approximate surface area is 111 Å². The molecule has 0 fully saturated rings. The SMILES string of the molecule is CCNc1cccc(NC(C)(C)CC(C)(C)C)n1. The molecule has 1 rings (SSSR count). The molecule has 3 nitrogen and oxygen atoms in total. The summed E-state index contributed by atoms with van der Waals surface area (Å²) in [5.41, 5.74) is 0.339. The molecule has 0 aliphatic carbocycles. The van der Waals surface area contributed by atoms with E-state index in [-0.39, 0.29) is 5.54 Å². The maximum atomic E-state index is 4.56. The van der Waals surface area contributed by atoms with Crippen molar-refractivity contribution in [1.29, 1.82) is 0 Å². The highest BCUT2D eigenvalue weighted by atomic mass is 15.1. The molecule has 0 saturated heterocycles. The molecule has 0 spiro atoms. The van der Waals surface area contributed by atoms with Crippen LogP contribution in [-0.2, 0) is 0 Å². The first kappa shape index (κ1) is 14.8. The molecule has 1 heterocycles. The minimum Gasteiger partial charge on any atom is -0.370 e. The zero-order valence-corrected chi connectivity index (χ0v) is 12.6. The Morgan fingerprint density at radius 3 is 2.22 bits per heavy atom. The van der Waals surface area contributed by atoms with Crippen LogP contribution in [-0.4, -0.2) is 17.1 Å². The maximum absolute atomic E-state index is 4.56. The highest BCUT2D eigenvalue weighted by Gasteiger charge is 2.25. The average molecular weight is 249 g/mol. The van der Waals surface area contributed by atoms with Crippen LogP contribution in [0.1, 0.15) is 48.0 Å². The Kier molecular flexibility index (Phi) is 4.60. The number of hydrogen-bond acceptors (Lipinski definition) is 3. The van der Waals surface area contributed by atoms with Crippen molar-refractivity contribution < 1.29 is 0 Å². The highest BCUT2D eigenvalue weighted by molar-refractivity contribution is 5.46. The Bertz CT molecular complexity index is 378. The summed E-state index contributed by atoms with van der Waals surface area (Å²) >= 11 is 0. The van der Waals surface area contributed by atoms with E-state index in [1.54, 1.807) is 0 Å². The molecule has 1 aromatic heterocycles. The average Bonchev–Trinajstić information content (AvgIpc) is 2.13. The fourth-order valence-corrected chi connectivity index (χ4v) is 2.50. The minimum absolute atomic E-state index is 0.0378. The van der Waals surface area contributed by atoms with Crippen molar-refractivity contribution in [1.82, 2.24) is 4.98 Å². The molecule has 102 valence electrons. The van der Waals surface area contributed by atoms with E-state index in [9.17, 15) is 0 Å². The third-order valence-electron chi connectivity index (χ3n) is 2.55. The lowest BCUT2D eigenvalue weighted by molar-refractivity contribution is 0.302. The molecule has 0 aromatic carbocycles. The van der Waals surface area contributed by atoms with Crippen LogP contribution >= 0.6 is 0 Å². The second-order valence-electron chi connectivity index (χ2n) is 6.68. The second kappa shape index (κ2) is 5.59. The van der Waals surface area contributed by atoms with Gasteiger partial charge >= 0.3 is 0 Å². The van der Waals surface area contributed by atoms with E-state index >= 15 is 0 Å². The predicted octanol–water partition coefficient (Wildman–Crippen LogP) is 4.14. The molecule has 0 radical (unpaired) electrons. The molecule has 0 aliphatic rings. The molecule has 0 atom stereocenters. The van der Waals surface area contributed by atoms with Gasteiger partial charge in [-0.25, -0.2) is 4.98 Å². The maximum Gasteiger partial charge on any atom is 0.128 e. The zero-order chi connectivity index (χ0) is 13.8. The molecule has 3 heteroatoms. The number of hydrogen-bond donors (Lipinski definition) is 2. The number of aromatic nitrogens is 1. The van der Waals surface area contributed by atoms with E-state index in [0.717, 1.165) is 24.6 Å². The predicted molar refractivity (Wildman–Crippen MR) is 80.2 cm³/mol. The van der Waals surface area contributed by atoms with Crippen molar-refractivity contribution in [2.24, 2.45) is 5.41 Å². The van der Waals surface area contributed by atoms with E-state index in [1.807, 2.05) is 18.2 Å². The Hall–Kier alpha value is -1.25. The lowest BCUT2D eigenvalue weighted by Gasteiger charge is -2.33. The van der Waals surface area contributed by atoms with Crippen LogP contribution in [0.5, 0.6) is 0 Å². The second-order valence-corrected chi connectivity index (χ2v) is 6.68. The molecule has 18 heavy (non-hydrogen) atoms. The standard InChI is InChI=1S/C15H27N3/c1-7-16-12-9-8-10-13(17-12)18-15(5,6)11-14(2,3)4/h8-10H,7,11H2,1-6H3,(H2,16,17,18). The number of rotatable bonds is 5.